The van der Waals surface area contributed by atoms with Crippen LogP contribution in [0.3, 0.4) is 0 Å². The molecule has 0 aliphatic heterocycles. The van der Waals surface area contributed by atoms with Crippen LogP contribution in [0.2, 0.25) is 5.02 Å². The topological polar surface area (TPSA) is 52.8 Å². The molecule has 0 N–H and O–H groups in total. The molecule has 148 valence electrons. The Morgan fingerprint density at radius 3 is 2.71 bits per heavy atom. The van der Waals surface area contributed by atoms with Crippen LogP contribution in [-0.4, -0.2) is 26.1 Å². The first-order valence-electron chi connectivity index (χ1n) is 9.44. The van der Waals surface area contributed by atoms with Gasteiger partial charge in [0.25, 0.3) is 0 Å². The third-order valence-corrected chi connectivity index (χ3v) is 5.41. The first-order chi connectivity index (χ1) is 13.5. The number of aromatic nitrogens is 4. The SMILES string of the molecule is CCc1nc2c(-c3ccc(OC(F)F)cc3Cl)ncnc2n1C(C)CC1CC1. The number of ether oxygens (including phenoxy) is 1. The number of hydrogen-bond donors (Lipinski definition) is 0. The van der Waals surface area contributed by atoms with Crippen molar-refractivity contribution in [2.24, 2.45) is 5.92 Å². The predicted octanol–water partition coefficient (Wildman–Crippen LogP) is 5.67. The molecule has 1 unspecified atom stereocenters. The van der Waals surface area contributed by atoms with E-state index in [9.17, 15) is 8.78 Å². The summed E-state index contributed by atoms with van der Waals surface area (Å²) < 4.78 is 31.5. The van der Waals surface area contributed by atoms with Crippen LogP contribution in [0.5, 0.6) is 5.75 Å². The average molecular weight is 407 g/mol. The zero-order valence-corrected chi connectivity index (χ0v) is 16.5. The van der Waals surface area contributed by atoms with Crippen molar-refractivity contribution in [1.82, 2.24) is 19.5 Å². The van der Waals surface area contributed by atoms with Crippen LogP contribution in [-0.2, 0) is 6.42 Å². The molecule has 4 rings (SSSR count). The Kier molecular flexibility index (Phi) is 5.19. The maximum absolute atomic E-state index is 12.4. The van der Waals surface area contributed by atoms with Crippen molar-refractivity contribution in [3.63, 3.8) is 0 Å². The van der Waals surface area contributed by atoms with Gasteiger partial charge in [-0.2, -0.15) is 8.78 Å². The summed E-state index contributed by atoms with van der Waals surface area (Å²) >= 11 is 6.35. The lowest BCUT2D eigenvalue weighted by Gasteiger charge is -2.16. The molecular formula is C20H21ClF2N4O. The van der Waals surface area contributed by atoms with E-state index >= 15 is 0 Å². The molecule has 2 heterocycles. The van der Waals surface area contributed by atoms with E-state index in [0.29, 0.717) is 22.8 Å². The van der Waals surface area contributed by atoms with E-state index in [2.05, 4.69) is 33.1 Å². The van der Waals surface area contributed by atoms with Crippen molar-refractivity contribution in [2.75, 3.05) is 0 Å². The number of imidazole rings is 1. The summed E-state index contributed by atoms with van der Waals surface area (Å²) in [5.41, 5.74) is 2.65. The lowest BCUT2D eigenvalue weighted by atomic mass is 10.1. The van der Waals surface area contributed by atoms with Crippen LogP contribution in [0.25, 0.3) is 22.4 Å². The standard InChI is InChI=1S/C20H21ClF2N4O/c1-3-16-26-18-17(14-7-6-13(9-15(14)21)28-20(22)23)24-10-25-19(18)27(16)11(2)8-12-4-5-12/h6-7,9-12,20H,3-5,8H2,1-2H3. The molecule has 1 saturated carbocycles. The van der Waals surface area contributed by atoms with Gasteiger partial charge < -0.3 is 9.30 Å². The molecule has 0 bridgehead atoms. The first kappa shape index (κ1) is 19.1. The van der Waals surface area contributed by atoms with Crippen LogP contribution in [0.1, 0.15) is 45.0 Å². The van der Waals surface area contributed by atoms with Gasteiger partial charge in [0, 0.05) is 18.0 Å². The second kappa shape index (κ2) is 7.62. The van der Waals surface area contributed by atoms with E-state index in [1.165, 1.54) is 31.3 Å². The van der Waals surface area contributed by atoms with Crippen molar-refractivity contribution >= 4 is 22.8 Å². The highest BCUT2D eigenvalue weighted by molar-refractivity contribution is 6.33. The average Bonchev–Trinajstić information content (AvgIpc) is 3.37. The summed E-state index contributed by atoms with van der Waals surface area (Å²) in [7, 11) is 0. The zero-order valence-electron chi connectivity index (χ0n) is 15.7. The molecule has 0 radical (unpaired) electrons. The highest BCUT2D eigenvalue weighted by Crippen LogP contribution is 2.39. The number of hydrogen-bond acceptors (Lipinski definition) is 4. The minimum Gasteiger partial charge on any atom is -0.435 e. The van der Waals surface area contributed by atoms with Gasteiger partial charge in [-0.3, -0.25) is 0 Å². The third kappa shape index (κ3) is 3.68. The lowest BCUT2D eigenvalue weighted by molar-refractivity contribution is -0.0498. The van der Waals surface area contributed by atoms with Gasteiger partial charge in [0.2, 0.25) is 0 Å². The maximum Gasteiger partial charge on any atom is 0.387 e. The normalized spacial score (nSPS) is 15.4. The quantitative estimate of drug-likeness (QED) is 0.507. The van der Waals surface area contributed by atoms with Gasteiger partial charge >= 0.3 is 6.61 Å². The van der Waals surface area contributed by atoms with Gasteiger partial charge in [-0.1, -0.05) is 31.4 Å². The third-order valence-electron chi connectivity index (χ3n) is 5.10. The Bertz CT molecular complexity index is 1000. The maximum atomic E-state index is 12.4. The number of nitrogens with zero attached hydrogens (tertiary/aromatic N) is 4. The van der Waals surface area contributed by atoms with Crippen molar-refractivity contribution in [2.45, 2.75) is 52.2 Å². The fraction of sp³-hybridized carbons (Fsp3) is 0.450. The fourth-order valence-electron chi connectivity index (χ4n) is 3.67. The molecule has 0 amide bonds. The molecule has 3 aromatic rings. The minimum absolute atomic E-state index is 0.00637. The molecule has 1 aliphatic rings. The van der Waals surface area contributed by atoms with Gasteiger partial charge in [-0.15, -0.1) is 0 Å². The summed E-state index contributed by atoms with van der Waals surface area (Å²) in [6.45, 7) is 1.37. The summed E-state index contributed by atoms with van der Waals surface area (Å²) in [4.78, 5) is 13.7. The van der Waals surface area contributed by atoms with E-state index < -0.39 is 6.61 Å². The van der Waals surface area contributed by atoms with Gasteiger partial charge in [0.15, 0.2) is 5.65 Å². The molecule has 8 heteroatoms. The van der Waals surface area contributed by atoms with E-state index in [0.717, 1.165) is 30.2 Å². The van der Waals surface area contributed by atoms with Crippen molar-refractivity contribution in [3.8, 4) is 17.0 Å². The Balaban J connectivity index is 1.79. The molecule has 0 saturated heterocycles. The van der Waals surface area contributed by atoms with Crippen molar-refractivity contribution in [3.05, 3.63) is 35.4 Å². The Morgan fingerprint density at radius 1 is 1.29 bits per heavy atom. The molecule has 5 nitrogen and oxygen atoms in total. The predicted molar refractivity (Wildman–Crippen MR) is 104 cm³/mol. The zero-order chi connectivity index (χ0) is 19.8. The minimum atomic E-state index is -2.90. The van der Waals surface area contributed by atoms with Crippen LogP contribution < -0.4 is 4.74 Å². The van der Waals surface area contributed by atoms with Crippen LogP contribution >= 0.6 is 11.6 Å². The summed E-state index contributed by atoms with van der Waals surface area (Å²) in [6.07, 6.45) is 5.97. The number of aryl methyl sites for hydroxylation is 1. The lowest BCUT2D eigenvalue weighted by Crippen LogP contribution is -2.10. The molecular weight excluding hydrogens is 386 g/mol. The monoisotopic (exact) mass is 406 g/mol. The highest BCUT2D eigenvalue weighted by Gasteiger charge is 2.27. The largest absolute Gasteiger partial charge is 0.435 e. The first-order valence-corrected chi connectivity index (χ1v) is 9.82. The Hall–Kier alpha value is -2.28. The molecule has 1 atom stereocenters. The van der Waals surface area contributed by atoms with Gasteiger partial charge in [-0.25, -0.2) is 15.0 Å². The van der Waals surface area contributed by atoms with E-state index in [4.69, 9.17) is 16.6 Å². The molecule has 0 spiro atoms. The van der Waals surface area contributed by atoms with Crippen LogP contribution in [0.4, 0.5) is 8.78 Å². The summed E-state index contributed by atoms with van der Waals surface area (Å²) in [5.74, 6) is 1.75. The second-order valence-corrected chi connectivity index (χ2v) is 7.60. The van der Waals surface area contributed by atoms with Gasteiger partial charge in [0.1, 0.15) is 29.1 Å². The summed E-state index contributed by atoms with van der Waals surface area (Å²) in [5, 5.41) is 0.275. The van der Waals surface area contributed by atoms with Gasteiger partial charge in [0.05, 0.1) is 5.02 Å². The number of halogens is 3. The Morgan fingerprint density at radius 2 is 2.07 bits per heavy atom. The number of rotatable bonds is 7. The number of alkyl halides is 2. The highest BCUT2D eigenvalue weighted by atomic mass is 35.5. The Labute approximate surface area is 166 Å². The molecule has 28 heavy (non-hydrogen) atoms. The van der Waals surface area contributed by atoms with Crippen LogP contribution in [0, 0.1) is 5.92 Å². The van der Waals surface area contributed by atoms with Crippen molar-refractivity contribution < 1.29 is 13.5 Å². The van der Waals surface area contributed by atoms with E-state index in [1.807, 2.05) is 0 Å². The molecule has 1 aromatic carbocycles. The number of fused-ring (bicyclic) bond motifs is 1. The summed E-state index contributed by atoms with van der Waals surface area (Å²) in [6, 6.07) is 4.74. The van der Waals surface area contributed by atoms with Gasteiger partial charge in [-0.05, 0) is 37.5 Å². The molecule has 1 fully saturated rings. The molecule has 1 aliphatic carbocycles. The number of benzene rings is 1. The fourth-order valence-corrected chi connectivity index (χ4v) is 3.93. The van der Waals surface area contributed by atoms with E-state index in [-0.39, 0.29) is 10.8 Å². The molecule has 2 aromatic heterocycles. The second-order valence-electron chi connectivity index (χ2n) is 7.19. The van der Waals surface area contributed by atoms with E-state index in [1.54, 1.807) is 6.07 Å². The smallest absolute Gasteiger partial charge is 0.387 e. The van der Waals surface area contributed by atoms with Crippen LogP contribution in [0.15, 0.2) is 24.5 Å². The van der Waals surface area contributed by atoms with Crippen molar-refractivity contribution in [1.29, 1.82) is 0 Å².